The van der Waals surface area contributed by atoms with Gasteiger partial charge in [-0.05, 0) is 90.6 Å². The largest absolute Gasteiger partial charge is 0.444 e. The molecule has 0 atom stereocenters. The van der Waals surface area contributed by atoms with E-state index in [-0.39, 0.29) is 18.2 Å². The third-order valence-corrected chi connectivity index (χ3v) is 9.65. The van der Waals surface area contributed by atoms with Crippen molar-refractivity contribution in [2.75, 3.05) is 26.2 Å². The van der Waals surface area contributed by atoms with Crippen molar-refractivity contribution in [2.45, 2.75) is 63.7 Å². The monoisotopic (exact) mass is 818 g/mol. The van der Waals surface area contributed by atoms with Crippen LogP contribution < -0.4 is 5.32 Å². The average molecular weight is 819 g/mol. The lowest BCUT2D eigenvalue weighted by atomic mass is 9.98. The molecule has 1 amide bonds. The van der Waals surface area contributed by atoms with E-state index in [4.69, 9.17) is 4.74 Å². The minimum absolute atomic E-state index is 0.0964. The number of ether oxygens (including phenoxy) is 1. The number of hydrogen-bond acceptors (Lipinski definition) is 9. The fourth-order valence-electron chi connectivity index (χ4n) is 6.34. The zero-order valence-electron chi connectivity index (χ0n) is 32.2. The second-order valence-corrected chi connectivity index (χ2v) is 15.3. The molecule has 0 saturated carbocycles. The van der Waals surface area contributed by atoms with Crippen molar-refractivity contribution < 1.29 is 35.9 Å². The van der Waals surface area contributed by atoms with E-state index in [1.165, 1.54) is 29.1 Å². The van der Waals surface area contributed by atoms with Gasteiger partial charge in [-0.2, -0.15) is 35.9 Å². The van der Waals surface area contributed by atoms with Crippen molar-refractivity contribution in [1.29, 1.82) is 0 Å². The lowest BCUT2D eigenvalue weighted by Crippen LogP contribution is -2.52. The van der Waals surface area contributed by atoms with Crippen LogP contribution in [0.15, 0.2) is 97.1 Å². The Kier molecular flexibility index (Phi) is 11.5. The predicted molar refractivity (Wildman–Crippen MR) is 204 cm³/mol. The van der Waals surface area contributed by atoms with Crippen LogP contribution >= 0.6 is 0 Å². The standard InChI is InChI=1S/C23H24F3N5O2.C18H16F3N5/c1-22(2,3)33-21(32)30-13-18(14-30)31-28-20(27-29-31)19-7-5-4-6-16(19)12-15-8-10-17(11-9-15)23(24,25)26;19-18(20,21)14-7-5-12(6-8-14)9-13-3-1-2-4-16(13)17-23-25-26(24-17)15-10-22-11-15/h4-11,18H,12-14H2,1-3H3;1-8,15,22H,9-11H2. The first-order valence-corrected chi connectivity index (χ1v) is 18.8. The molecule has 2 saturated heterocycles. The van der Waals surface area contributed by atoms with E-state index in [0.29, 0.717) is 37.6 Å². The molecular formula is C41H40F6N10O2. The Balaban J connectivity index is 0.000000184. The number of carbonyl (C=O) groups excluding carboxylic acids is 1. The molecule has 1 N–H and O–H groups in total. The molecule has 6 aromatic rings. The van der Waals surface area contributed by atoms with E-state index < -0.39 is 29.1 Å². The molecule has 59 heavy (non-hydrogen) atoms. The molecule has 12 nitrogen and oxygen atoms in total. The molecule has 2 aliphatic heterocycles. The molecule has 8 rings (SSSR count). The molecule has 0 radical (unpaired) electrons. The second-order valence-electron chi connectivity index (χ2n) is 15.3. The van der Waals surface area contributed by atoms with Gasteiger partial charge in [0.15, 0.2) is 0 Å². The number of hydrogen-bond donors (Lipinski definition) is 1. The topological polar surface area (TPSA) is 129 Å². The first-order chi connectivity index (χ1) is 28.0. The van der Waals surface area contributed by atoms with E-state index in [1.54, 1.807) is 9.70 Å². The van der Waals surface area contributed by atoms with Crippen molar-refractivity contribution in [1.82, 2.24) is 50.6 Å². The van der Waals surface area contributed by atoms with E-state index in [1.807, 2.05) is 69.3 Å². The molecule has 0 unspecified atom stereocenters. The fraction of sp³-hybridized carbons (Fsp3) is 0.341. The number of halogens is 6. The van der Waals surface area contributed by atoms with E-state index in [9.17, 15) is 31.1 Å². The van der Waals surface area contributed by atoms with Crippen LogP contribution in [0.4, 0.5) is 31.1 Å². The van der Waals surface area contributed by atoms with Crippen LogP contribution in [-0.2, 0) is 29.9 Å². The van der Waals surface area contributed by atoms with Gasteiger partial charge in [-0.25, -0.2) is 4.79 Å². The average Bonchev–Trinajstić information content (AvgIpc) is 3.81. The van der Waals surface area contributed by atoms with Gasteiger partial charge in [-0.1, -0.05) is 72.8 Å². The molecule has 0 bridgehead atoms. The molecule has 18 heteroatoms. The fourth-order valence-corrected chi connectivity index (χ4v) is 6.34. The number of amides is 1. The van der Waals surface area contributed by atoms with Crippen LogP contribution in [0.5, 0.6) is 0 Å². The van der Waals surface area contributed by atoms with Gasteiger partial charge >= 0.3 is 18.4 Å². The van der Waals surface area contributed by atoms with Crippen LogP contribution in [0, 0.1) is 0 Å². The molecule has 2 fully saturated rings. The number of aromatic nitrogens is 8. The summed E-state index contributed by atoms with van der Waals surface area (Å²) in [5.41, 5.74) is 3.07. The molecule has 2 aromatic heterocycles. The van der Waals surface area contributed by atoms with Crippen molar-refractivity contribution in [3.63, 3.8) is 0 Å². The third kappa shape index (κ3) is 10.1. The van der Waals surface area contributed by atoms with Gasteiger partial charge in [-0.3, -0.25) is 0 Å². The Bertz CT molecular complexity index is 2360. The lowest BCUT2D eigenvalue weighted by molar-refractivity contribution is -0.138. The molecule has 2 aliphatic rings. The second kappa shape index (κ2) is 16.6. The highest BCUT2D eigenvalue weighted by Gasteiger charge is 2.37. The highest BCUT2D eigenvalue weighted by molar-refractivity contribution is 5.69. The lowest BCUT2D eigenvalue weighted by Gasteiger charge is -2.38. The van der Waals surface area contributed by atoms with Gasteiger partial charge in [0, 0.05) is 24.2 Å². The zero-order chi connectivity index (χ0) is 42.0. The maximum absolute atomic E-state index is 12.8. The summed E-state index contributed by atoms with van der Waals surface area (Å²) in [7, 11) is 0. The van der Waals surface area contributed by atoms with Crippen LogP contribution in [0.25, 0.3) is 22.8 Å². The Labute approximate surface area is 335 Å². The third-order valence-electron chi connectivity index (χ3n) is 9.65. The number of rotatable bonds is 8. The van der Waals surface area contributed by atoms with Crippen molar-refractivity contribution >= 4 is 6.09 Å². The number of tetrazole rings is 2. The summed E-state index contributed by atoms with van der Waals surface area (Å²) in [5.74, 6) is 0.952. The van der Waals surface area contributed by atoms with Crippen molar-refractivity contribution in [3.8, 4) is 22.8 Å². The zero-order valence-corrected chi connectivity index (χ0v) is 32.2. The Morgan fingerprint density at radius 3 is 1.46 bits per heavy atom. The van der Waals surface area contributed by atoms with E-state index in [2.05, 4.69) is 36.1 Å². The van der Waals surface area contributed by atoms with Crippen LogP contribution in [0.1, 0.15) is 66.2 Å². The Hall–Kier alpha value is -6.17. The predicted octanol–water partition coefficient (Wildman–Crippen LogP) is 7.84. The van der Waals surface area contributed by atoms with Crippen LogP contribution in [-0.4, -0.2) is 83.2 Å². The summed E-state index contributed by atoms with van der Waals surface area (Å²) in [6.07, 6.45) is -8.14. The maximum atomic E-state index is 12.8. The first-order valence-electron chi connectivity index (χ1n) is 18.8. The summed E-state index contributed by atoms with van der Waals surface area (Å²) in [6, 6.07) is 25.5. The maximum Gasteiger partial charge on any atom is 0.416 e. The first kappa shape index (κ1) is 41.0. The van der Waals surface area contributed by atoms with Crippen molar-refractivity contribution in [2.24, 2.45) is 0 Å². The van der Waals surface area contributed by atoms with Gasteiger partial charge < -0.3 is 15.0 Å². The molecule has 308 valence electrons. The van der Waals surface area contributed by atoms with Gasteiger partial charge in [0.05, 0.1) is 30.3 Å². The number of nitrogens with zero attached hydrogens (tertiary/aromatic N) is 9. The number of likely N-dealkylation sites (tertiary alicyclic amines) is 1. The highest BCUT2D eigenvalue weighted by atomic mass is 19.4. The summed E-state index contributed by atoms with van der Waals surface area (Å²) in [6.45, 7) is 7.95. The molecule has 4 heterocycles. The SMILES string of the molecule is CC(C)(C)OC(=O)N1CC(n2nnc(-c3ccccc3Cc3ccc(C(F)(F)F)cc3)n2)C1.FC(F)(F)c1ccc(Cc2ccccc2-c2nnn(C3CNC3)n2)cc1. The minimum atomic E-state index is -4.36. The number of benzene rings is 4. The highest BCUT2D eigenvalue weighted by Crippen LogP contribution is 2.32. The van der Waals surface area contributed by atoms with Crippen molar-refractivity contribution in [3.05, 3.63) is 130 Å². The summed E-state index contributed by atoms with van der Waals surface area (Å²) in [4.78, 5) is 16.8. The number of carbonyl (C=O) groups is 1. The smallest absolute Gasteiger partial charge is 0.416 e. The molecule has 4 aromatic carbocycles. The molecular weight excluding hydrogens is 779 g/mol. The van der Waals surface area contributed by atoms with E-state index >= 15 is 0 Å². The van der Waals surface area contributed by atoms with Gasteiger partial charge in [0.1, 0.15) is 11.6 Å². The molecule has 0 aliphatic carbocycles. The minimum Gasteiger partial charge on any atom is -0.444 e. The summed E-state index contributed by atoms with van der Waals surface area (Å²) >= 11 is 0. The summed E-state index contributed by atoms with van der Waals surface area (Å²) in [5, 5.41) is 28.7. The molecule has 0 spiro atoms. The number of alkyl halides is 6. The van der Waals surface area contributed by atoms with Gasteiger partial charge in [0.25, 0.3) is 0 Å². The van der Waals surface area contributed by atoms with Crippen LogP contribution in [0.2, 0.25) is 0 Å². The summed E-state index contributed by atoms with van der Waals surface area (Å²) < 4.78 is 81.9. The normalized spacial score (nSPS) is 14.9. The van der Waals surface area contributed by atoms with Crippen LogP contribution in [0.3, 0.4) is 0 Å². The quantitative estimate of drug-likeness (QED) is 0.153. The Morgan fingerprint density at radius 2 is 1.07 bits per heavy atom. The van der Waals surface area contributed by atoms with E-state index in [0.717, 1.165) is 70.7 Å². The number of nitrogens with one attached hydrogen (secondary N) is 1. The van der Waals surface area contributed by atoms with Gasteiger partial charge in [0.2, 0.25) is 11.6 Å². The van der Waals surface area contributed by atoms with Gasteiger partial charge in [-0.15, -0.1) is 20.4 Å². The Morgan fingerprint density at radius 1 is 0.644 bits per heavy atom.